The highest BCUT2D eigenvalue weighted by Gasteiger charge is 2.27. The predicted molar refractivity (Wildman–Crippen MR) is 270 cm³/mol. The number of nitrogens with zero attached hydrogens (tertiary/aromatic N) is 3. The number of carbonyl (C=O) groups excluding carboxylic acids is 3. The fourth-order valence-corrected chi connectivity index (χ4v) is 8.28. The molecule has 3 amide bonds. The van der Waals surface area contributed by atoms with E-state index in [1.54, 1.807) is 33.3 Å². The van der Waals surface area contributed by atoms with Gasteiger partial charge in [0.05, 0.1) is 40.5 Å². The van der Waals surface area contributed by atoms with Crippen LogP contribution >= 0.6 is 0 Å². The minimum absolute atomic E-state index is 0.0531. The number of aryl methyl sites for hydroxylation is 2. The molecule has 5 N–H and O–H groups in total. The molecule has 2 aliphatic heterocycles. The SMILES string of the molecule is COc1ccc([C@@H](C)NC(=O)c2cc(N3CCN(C(=O)OC(C)(C)C)CC3)ccc2CCCO)cc1OC.COc1ccc([C@@H](C)NC(=O)c2cc(N3CCNCC3)ccc2CCCO)cc1OC. The molecule has 2 fully saturated rings. The van der Waals surface area contributed by atoms with Crippen LogP contribution in [0, 0.1) is 0 Å². The van der Waals surface area contributed by atoms with Crippen LogP contribution in [0.15, 0.2) is 72.8 Å². The molecular weight excluding hydrogens is 881 g/mol. The Balaban J connectivity index is 0.000000263. The van der Waals surface area contributed by atoms with E-state index in [0.29, 0.717) is 86.0 Å². The smallest absolute Gasteiger partial charge is 0.410 e. The first-order valence-electron chi connectivity index (χ1n) is 23.8. The van der Waals surface area contributed by atoms with Gasteiger partial charge in [-0.1, -0.05) is 24.3 Å². The van der Waals surface area contributed by atoms with Gasteiger partial charge in [-0.15, -0.1) is 0 Å². The van der Waals surface area contributed by atoms with Crippen LogP contribution in [0.4, 0.5) is 16.2 Å². The lowest BCUT2D eigenvalue weighted by Gasteiger charge is -2.37. The number of ether oxygens (including phenoxy) is 5. The molecule has 2 heterocycles. The zero-order valence-corrected chi connectivity index (χ0v) is 42.0. The Bertz CT molecular complexity index is 2310. The molecule has 6 rings (SSSR count). The second-order valence-corrected chi connectivity index (χ2v) is 18.1. The van der Waals surface area contributed by atoms with Crippen molar-refractivity contribution in [3.8, 4) is 23.0 Å². The van der Waals surface area contributed by atoms with Crippen molar-refractivity contribution in [3.63, 3.8) is 0 Å². The molecule has 0 radical (unpaired) electrons. The van der Waals surface area contributed by atoms with Gasteiger partial charge in [0.25, 0.3) is 11.8 Å². The average molecular weight is 955 g/mol. The Morgan fingerprint density at radius 1 is 0.594 bits per heavy atom. The number of methoxy groups -OCH3 is 4. The summed E-state index contributed by atoms with van der Waals surface area (Å²) < 4.78 is 26.9. The fraction of sp³-hybridized carbons (Fsp3) is 0.491. The molecular formula is C53H74N6O10. The molecule has 0 aromatic heterocycles. The normalized spacial score (nSPS) is 14.7. The molecule has 16 nitrogen and oxygen atoms in total. The van der Waals surface area contributed by atoms with Crippen LogP contribution in [0.5, 0.6) is 23.0 Å². The van der Waals surface area contributed by atoms with Gasteiger partial charge in [-0.05, 0) is 131 Å². The Hall–Kier alpha value is -6.23. The molecule has 2 aliphatic rings. The van der Waals surface area contributed by atoms with Crippen LogP contribution in [0.3, 0.4) is 0 Å². The molecule has 0 saturated carbocycles. The van der Waals surface area contributed by atoms with Crippen LogP contribution in [0.25, 0.3) is 0 Å². The number of rotatable bonds is 18. The van der Waals surface area contributed by atoms with E-state index in [9.17, 15) is 24.6 Å². The molecule has 0 aliphatic carbocycles. The van der Waals surface area contributed by atoms with Gasteiger partial charge in [0, 0.05) is 88.1 Å². The number of nitrogens with one attached hydrogen (secondary N) is 3. The van der Waals surface area contributed by atoms with E-state index in [0.717, 1.165) is 59.8 Å². The summed E-state index contributed by atoms with van der Waals surface area (Å²) in [6, 6.07) is 22.7. The van der Waals surface area contributed by atoms with E-state index in [4.69, 9.17) is 23.7 Å². The summed E-state index contributed by atoms with van der Waals surface area (Å²) in [5.41, 5.74) is 6.34. The molecule has 4 aromatic rings. The monoisotopic (exact) mass is 955 g/mol. The van der Waals surface area contributed by atoms with E-state index in [1.807, 2.05) is 101 Å². The highest BCUT2D eigenvalue weighted by molar-refractivity contribution is 5.97. The maximum absolute atomic E-state index is 13.5. The minimum Gasteiger partial charge on any atom is -0.493 e. The van der Waals surface area contributed by atoms with Crippen molar-refractivity contribution in [2.45, 2.75) is 78.0 Å². The van der Waals surface area contributed by atoms with Crippen molar-refractivity contribution in [1.82, 2.24) is 20.9 Å². The topological polar surface area (TPSA) is 184 Å². The third-order valence-corrected chi connectivity index (χ3v) is 12.2. The van der Waals surface area contributed by atoms with Gasteiger partial charge in [0.1, 0.15) is 5.60 Å². The second-order valence-electron chi connectivity index (χ2n) is 18.1. The second kappa shape index (κ2) is 25.9. The lowest BCUT2D eigenvalue weighted by molar-refractivity contribution is 0.0240. The van der Waals surface area contributed by atoms with Crippen LogP contribution < -0.4 is 44.7 Å². The summed E-state index contributed by atoms with van der Waals surface area (Å²) in [6.45, 7) is 15.7. The van der Waals surface area contributed by atoms with Gasteiger partial charge < -0.3 is 64.5 Å². The first-order valence-corrected chi connectivity index (χ1v) is 23.8. The van der Waals surface area contributed by atoms with Gasteiger partial charge in [0.2, 0.25) is 0 Å². The van der Waals surface area contributed by atoms with E-state index in [1.165, 1.54) is 0 Å². The van der Waals surface area contributed by atoms with Crippen LogP contribution in [-0.2, 0) is 17.6 Å². The lowest BCUT2D eigenvalue weighted by atomic mass is 9.99. The van der Waals surface area contributed by atoms with Gasteiger partial charge in [0.15, 0.2) is 23.0 Å². The van der Waals surface area contributed by atoms with Crippen molar-refractivity contribution in [2.24, 2.45) is 0 Å². The molecule has 0 spiro atoms. The molecule has 16 heteroatoms. The molecule has 2 saturated heterocycles. The summed E-state index contributed by atoms with van der Waals surface area (Å²) in [5, 5.41) is 28.2. The zero-order valence-electron chi connectivity index (χ0n) is 42.0. The standard InChI is InChI=1S/C29H41N3O6.C24H33N3O4/c1-20(22-10-12-25(36-5)26(18-22)37-6)30-27(34)24-19-23(11-9-21(24)8-7-17-33)31-13-15-32(16-14-31)28(35)38-29(2,3)4;1-17(19-7-9-22(30-2)23(15-19)31-3)26-24(29)21-16-20(27-12-10-25-11-13-27)8-6-18(21)5-4-14-28/h9-12,18-20,33H,7-8,13-17H2,1-6H3,(H,30,34);6-9,15-17,25,28H,4-5,10-14H2,1-3H3,(H,26,29)/t20-;17-/m11/s1. The molecule has 69 heavy (non-hydrogen) atoms. The quantitative estimate of drug-likeness (QED) is 0.0711. The van der Waals surface area contributed by atoms with Gasteiger partial charge in [-0.2, -0.15) is 0 Å². The molecule has 0 bridgehead atoms. The van der Waals surface area contributed by atoms with Crippen molar-refractivity contribution in [2.75, 3.05) is 104 Å². The number of anilines is 2. The van der Waals surface area contributed by atoms with Gasteiger partial charge in [-0.25, -0.2) is 4.79 Å². The maximum Gasteiger partial charge on any atom is 0.410 e. The number of benzene rings is 4. The first-order chi connectivity index (χ1) is 33.1. The van der Waals surface area contributed by atoms with Gasteiger partial charge in [-0.3, -0.25) is 9.59 Å². The number of aliphatic hydroxyl groups excluding tert-OH is 2. The van der Waals surface area contributed by atoms with E-state index in [-0.39, 0.29) is 43.2 Å². The number of hydrogen-bond acceptors (Lipinski definition) is 13. The number of piperazine rings is 2. The highest BCUT2D eigenvalue weighted by atomic mass is 16.6. The molecule has 0 unspecified atom stereocenters. The summed E-state index contributed by atoms with van der Waals surface area (Å²) in [4.78, 5) is 45.4. The summed E-state index contributed by atoms with van der Waals surface area (Å²) >= 11 is 0. The Labute approximate surface area is 408 Å². The molecule has 2 atom stereocenters. The zero-order chi connectivity index (χ0) is 50.1. The van der Waals surface area contributed by atoms with Crippen molar-refractivity contribution < 1.29 is 48.3 Å². The molecule has 376 valence electrons. The van der Waals surface area contributed by atoms with Crippen LogP contribution in [-0.4, -0.2) is 133 Å². The third-order valence-electron chi connectivity index (χ3n) is 12.2. The minimum atomic E-state index is -0.533. The van der Waals surface area contributed by atoms with Crippen molar-refractivity contribution in [1.29, 1.82) is 0 Å². The molecule has 4 aromatic carbocycles. The maximum atomic E-state index is 13.5. The fourth-order valence-electron chi connectivity index (χ4n) is 8.28. The largest absolute Gasteiger partial charge is 0.493 e. The Morgan fingerprint density at radius 2 is 1.01 bits per heavy atom. The number of carbonyl (C=O) groups is 3. The van der Waals surface area contributed by atoms with E-state index < -0.39 is 5.60 Å². The van der Waals surface area contributed by atoms with Crippen LogP contribution in [0.1, 0.15) is 103 Å². The van der Waals surface area contributed by atoms with Gasteiger partial charge >= 0.3 is 6.09 Å². The lowest BCUT2D eigenvalue weighted by Crippen LogP contribution is -2.50. The van der Waals surface area contributed by atoms with Crippen molar-refractivity contribution in [3.05, 3.63) is 106 Å². The number of amides is 3. The van der Waals surface area contributed by atoms with E-state index in [2.05, 4.69) is 31.8 Å². The number of aliphatic hydroxyl groups is 2. The van der Waals surface area contributed by atoms with Crippen LogP contribution in [0.2, 0.25) is 0 Å². The first kappa shape index (κ1) is 53.7. The summed E-state index contributed by atoms with van der Waals surface area (Å²) in [7, 11) is 6.36. The summed E-state index contributed by atoms with van der Waals surface area (Å²) in [5.74, 6) is 2.20. The summed E-state index contributed by atoms with van der Waals surface area (Å²) in [6.07, 6.45) is 2.14. The predicted octanol–water partition coefficient (Wildman–Crippen LogP) is 6.71. The Kier molecular flexibility index (Phi) is 20.2. The third kappa shape index (κ3) is 15.1. The highest BCUT2D eigenvalue weighted by Crippen LogP contribution is 2.32. The average Bonchev–Trinajstić information content (AvgIpc) is 3.36. The van der Waals surface area contributed by atoms with E-state index >= 15 is 0 Å². The van der Waals surface area contributed by atoms with Crippen molar-refractivity contribution >= 4 is 29.3 Å². The number of hydrogen-bond donors (Lipinski definition) is 5. The Morgan fingerprint density at radius 3 is 1.41 bits per heavy atom.